The van der Waals surface area contributed by atoms with E-state index in [2.05, 4.69) is 9.80 Å². The van der Waals surface area contributed by atoms with Gasteiger partial charge < -0.3 is 15.4 Å². The van der Waals surface area contributed by atoms with Crippen molar-refractivity contribution in [3.63, 3.8) is 0 Å². The normalized spacial score (nSPS) is 19.8. The van der Waals surface area contributed by atoms with E-state index in [0.29, 0.717) is 18.0 Å². The first kappa shape index (κ1) is 14.4. The van der Waals surface area contributed by atoms with Crippen LogP contribution in [0.1, 0.15) is 26.2 Å². The van der Waals surface area contributed by atoms with Crippen LogP contribution in [0.4, 0.5) is 15.8 Å². The number of nitrogens with zero attached hydrogens (tertiary/aromatic N) is 2. The van der Waals surface area contributed by atoms with Crippen LogP contribution in [0.5, 0.6) is 5.75 Å². The Labute approximate surface area is 125 Å². The summed E-state index contributed by atoms with van der Waals surface area (Å²) < 4.78 is 19.3. The number of hydrogen-bond acceptors (Lipinski definition) is 4. The predicted octanol–water partition coefficient (Wildman–Crippen LogP) is 2.48. The van der Waals surface area contributed by atoms with Gasteiger partial charge in [-0.05, 0) is 19.3 Å². The molecule has 0 radical (unpaired) electrons. The first-order chi connectivity index (χ1) is 10.2. The average Bonchev–Trinajstić information content (AvgIpc) is 3.31. The van der Waals surface area contributed by atoms with E-state index in [4.69, 9.17) is 10.5 Å². The van der Waals surface area contributed by atoms with Crippen LogP contribution in [-0.2, 0) is 0 Å². The maximum absolute atomic E-state index is 13.9. The molecule has 0 spiro atoms. The highest BCUT2D eigenvalue weighted by Crippen LogP contribution is 2.33. The Morgan fingerprint density at radius 3 is 2.57 bits per heavy atom. The van der Waals surface area contributed by atoms with Crippen LogP contribution in [0.3, 0.4) is 0 Å². The largest absolute Gasteiger partial charge is 0.490 e. The van der Waals surface area contributed by atoms with E-state index in [0.717, 1.165) is 44.3 Å². The minimum atomic E-state index is -0.374. The van der Waals surface area contributed by atoms with Crippen molar-refractivity contribution in [2.45, 2.75) is 32.2 Å². The van der Waals surface area contributed by atoms with Crippen LogP contribution in [0.15, 0.2) is 12.1 Å². The highest BCUT2D eigenvalue weighted by atomic mass is 19.1. The number of nitrogen functional groups attached to an aromatic ring is 1. The molecule has 1 aromatic carbocycles. The maximum Gasteiger partial charge on any atom is 0.167 e. The lowest BCUT2D eigenvalue weighted by molar-refractivity contribution is 0.248. The van der Waals surface area contributed by atoms with E-state index in [1.165, 1.54) is 18.9 Å². The van der Waals surface area contributed by atoms with E-state index in [9.17, 15) is 4.39 Å². The summed E-state index contributed by atoms with van der Waals surface area (Å²) in [7, 11) is 0. The van der Waals surface area contributed by atoms with Crippen LogP contribution in [-0.4, -0.2) is 43.7 Å². The Kier molecular flexibility index (Phi) is 4.19. The lowest BCUT2D eigenvalue weighted by atomic mass is 10.2. The van der Waals surface area contributed by atoms with Gasteiger partial charge in [-0.2, -0.15) is 0 Å². The fraction of sp³-hybridized carbons (Fsp3) is 0.625. The fourth-order valence-corrected chi connectivity index (χ4v) is 2.92. The van der Waals surface area contributed by atoms with Gasteiger partial charge in [0, 0.05) is 44.4 Å². The third-order valence-electron chi connectivity index (χ3n) is 4.26. The SMILES string of the molecule is CCCOc1cc(N2CCN(C3CC3)CC2)c(N)cc1F. The molecule has 1 aliphatic carbocycles. The lowest BCUT2D eigenvalue weighted by Gasteiger charge is -2.36. The van der Waals surface area contributed by atoms with E-state index in [1.54, 1.807) is 6.07 Å². The molecular weight excluding hydrogens is 269 g/mol. The summed E-state index contributed by atoms with van der Waals surface area (Å²) in [4.78, 5) is 4.79. The first-order valence-corrected chi connectivity index (χ1v) is 7.90. The van der Waals surface area contributed by atoms with Gasteiger partial charge in [0.15, 0.2) is 11.6 Å². The molecule has 2 aliphatic rings. The number of halogens is 1. The summed E-state index contributed by atoms with van der Waals surface area (Å²) in [5.41, 5.74) is 7.40. The van der Waals surface area contributed by atoms with E-state index >= 15 is 0 Å². The smallest absolute Gasteiger partial charge is 0.167 e. The summed E-state index contributed by atoms with van der Waals surface area (Å²) in [6.07, 6.45) is 3.54. The summed E-state index contributed by atoms with van der Waals surface area (Å²) in [5, 5.41) is 0. The van der Waals surface area contributed by atoms with Gasteiger partial charge in [0.05, 0.1) is 18.0 Å². The molecule has 21 heavy (non-hydrogen) atoms. The van der Waals surface area contributed by atoms with Crippen LogP contribution in [0.25, 0.3) is 0 Å². The second-order valence-corrected chi connectivity index (χ2v) is 5.94. The van der Waals surface area contributed by atoms with Gasteiger partial charge in [0.25, 0.3) is 0 Å². The number of rotatable bonds is 5. The Hall–Kier alpha value is -1.49. The van der Waals surface area contributed by atoms with Crippen molar-refractivity contribution in [2.75, 3.05) is 43.4 Å². The number of ether oxygens (including phenoxy) is 1. The molecule has 1 saturated carbocycles. The molecule has 4 nitrogen and oxygen atoms in total. The van der Waals surface area contributed by atoms with Gasteiger partial charge >= 0.3 is 0 Å². The van der Waals surface area contributed by atoms with Gasteiger partial charge in [-0.25, -0.2) is 4.39 Å². The zero-order valence-corrected chi connectivity index (χ0v) is 12.6. The van der Waals surface area contributed by atoms with Crippen LogP contribution in [0, 0.1) is 5.82 Å². The standard InChI is InChI=1S/C16H24FN3O/c1-2-9-21-16-11-15(14(18)10-13(16)17)20-7-5-19(6-8-20)12-3-4-12/h10-12H,2-9,18H2,1H3. The molecule has 1 aromatic rings. The third kappa shape index (κ3) is 3.23. The van der Waals surface area contributed by atoms with E-state index in [-0.39, 0.29) is 5.82 Å². The van der Waals surface area contributed by atoms with E-state index in [1.807, 2.05) is 6.92 Å². The summed E-state index contributed by atoms with van der Waals surface area (Å²) in [5.74, 6) is -0.0630. The van der Waals surface area contributed by atoms with Crippen molar-refractivity contribution in [1.82, 2.24) is 4.90 Å². The monoisotopic (exact) mass is 293 g/mol. The third-order valence-corrected chi connectivity index (χ3v) is 4.26. The molecule has 3 rings (SSSR count). The van der Waals surface area contributed by atoms with Crippen molar-refractivity contribution in [3.05, 3.63) is 17.9 Å². The zero-order valence-electron chi connectivity index (χ0n) is 12.6. The Morgan fingerprint density at radius 2 is 1.95 bits per heavy atom. The molecular formula is C16H24FN3O. The summed E-state index contributed by atoms with van der Waals surface area (Å²) >= 11 is 0. The molecule has 0 bridgehead atoms. The Balaban J connectivity index is 1.71. The molecule has 0 atom stereocenters. The van der Waals surface area contributed by atoms with Crippen molar-refractivity contribution >= 4 is 11.4 Å². The van der Waals surface area contributed by atoms with Crippen LogP contribution >= 0.6 is 0 Å². The van der Waals surface area contributed by atoms with Gasteiger partial charge in [-0.3, -0.25) is 4.90 Å². The first-order valence-electron chi connectivity index (χ1n) is 7.90. The van der Waals surface area contributed by atoms with Crippen molar-refractivity contribution in [1.29, 1.82) is 0 Å². The molecule has 2 fully saturated rings. The topological polar surface area (TPSA) is 41.7 Å². The molecule has 0 amide bonds. The van der Waals surface area contributed by atoms with Gasteiger partial charge in [-0.15, -0.1) is 0 Å². The summed E-state index contributed by atoms with van der Waals surface area (Å²) in [6, 6.07) is 3.95. The van der Waals surface area contributed by atoms with Gasteiger partial charge in [0.1, 0.15) is 0 Å². The molecule has 2 N–H and O–H groups in total. The molecule has 0 unspecified atom stereocenters. The Bertz CT molecular complexity index is 497. The van der Waals surface area contributed by atoms with Gasteiger partial charge in [0.2, 0.25) is 0 Å². The molecule has 0 aromatic heterocycles. The maximum atomic E-state index is 13.9. The van der Waals surface area contributed by atoms with Crippen molar-refractivity contribution in [2.24, 2.45) is 0 Å². The Morgan fingerprint density at radius 1 is 1.24 bits per heavy atom. The number of piperazine rings is 1. The number of nitrogens with two attached hydrogens (primary N) is 1. The fourth-order valence-electron chi connectivity index (χ4n) is 2.92. The molecule has 1 saturated heterocycles. The lowest BCUT2D eigenvalue weighted by Crippen LogP contribution is -2.47. The quantitative estimate of drug-likeness (QED) is 0.847. The van der Waals surface area contributed by atoms with Crippen molar-refractivity contribution < 1.29 is 9.13 Å². The van der Waals surface area contributed by atoms with Crippen LogP contribution < -0.4 is 15.4 Å². The number of benzene rings is 1. The highest BCUT2D eigenvalue weighted by molar-refractivity contribution is 5.70. The van der Waals surface area contributed by atoms with Gasteiger partial charge in [-0.1, -0.05) is 6.92 Å². The molecule has 1 heterocycles. The molecule has 1 aliphatic heterocycles. The zero-order chi connectivity index (χ0) is 14.8. The van der Waals surface area contributed by atoms with E-state index < -0.39 is 0 Å². The predicted molar refractivity (Wildman–Crippen MR) is 83.4 cm³/mol. The number of hydrogen-bond donors (Lipinski definition) is 1. The molecule has 116 valence electrons. The highest BCUT2D eigenvalue weighted by Gasteiger charge is 2.31. The van der Waals surface area contributed by atoms with Crippen LogP contribution in [0.2, 0.25) is 0 Å². The second kappa shape index (κ2) is 6.10. The van der Waals surface area contributed by atoms with Crippen molar-refractivity contribution in [3.8, 4) is 5.75 Å². The minimum absolute atomic E-state index is 0.311. The summed E-state index contributed by atoms with van der Waals surface area (Å²) in [6.45, 7) is 6.54. The molecule has 5 heteroatoms. The average molecular weight is 293 g/mol. The number of anilines is 2. The minimum Gasteiger partial charge on any atom is -0.490 e. The second-order valence-electron chi connectivity index (χ2n) is 5.94.